The zero-order valence-electron chi connectivity index (χ0n) is 18.8. The zero-order chi connectivity index (χ0) is 23.7. The van der Waals surface area contributed by atoms with Crippen molar-refractivity contribution in [2.24, 2.45) is 12.8 Å². The Kier molecular flexibility index (Phi) is 5.79. The van der Waals surface area contributed by atoms with Crippen molar-refractivity contribution in [1.29, 1.82) is 5.26 Å². The maximum Gasteiger partial charge on any atom is 0.374 e. The number of aryl methyl sites for hydroxylation is 2. The topological polar surface area (TPSA) is 130 Å². The number of benzene rings is 1. The molecular weight excluding hydrogens is 424 g/mol. The molecule has 2 N–H and O–H groups in total. The van der Waals surface area contributed by atoms with Crippen molar-refractivity contribution in [3.8, 4) is 23.4 Å². The van der Waals surface area contributed by atoms with Crippen LogP contribution in [0.15, 0.2) is 42.0 Å². The van der Waals surface area contributed by atoms with Crippen LogP contribution in [0, 0.1) is 11.3 Å². The van der Waals surface area contributed by atoms with E-state index in [2.05, 4.69) is 16.2 Å². The Hall–Kier alpha value is -4.26. The van der Waals surface area contributed by atoms with Gasteiger partial charge in [-0.1, -0.05) is 13.0 Å². The third-order valence-corrected chi connectivity index (χ3v) is 5.52. The second-order valence-electron chi connectivity index (χ2n) is 7.34. The fourth-order valence-electron chi connectivity index (χ4n) is 4.07. The number of nitrogens with zero attached hydrogens (tertiary/aromatic N) is 5. The number of aromatic nitrogens is 4. The van der Waals surface area contributed by atoms with Crippen LogP contribution in [0.5, 0.6) is 11.6 Å². The molecule has 10 heteroatoms. The molecule has 4 rings (SSSR count). The zero-order valence-corrected chi connectivity index (χ0v) is 18.8. The lowest BCUT2D eigenvalue weighted by Gasteiger charge is -2.26. The number of nitriles is 1. The van der Waals surface area contributed by atoms with Crippen LogP contribution in [0.1, 0.15) is 47.2 Å². The van der Waals surface area contributed by atoms with Crippen LogP contribution in [0.2, 0.25) is 0 Å². The highest BCUT2D eigenvalue weighted by atomic mass is 16.5. The monoisotopic (exact) mass is 448 g/mol. The Labute approximate surface area is 190 Å². The van der Waals surface area contributed by atoms with Gasteiger partial charge in [0.15, 0.2) is 0 Å². The lowest BCUT2D eigenvalue weighted by atomic mass is 9.83. The molecule has 0 radical (unpaired) electrons. The van der Waals surface area contributed by atoms with Crippen molar-refractivity contribution >= 4 is 5.97 Å². The van der Waals surface area contributed by atoms with Crippen molar-refractivity contribution in [3.63, 3.8) is 0 Å². The summed E-state index contributed by atoms with van der Waals surface area (Å²) < 4.78 is 19.8. The highest BCUT2D eigenvalue weighted by Crippen LogP contribution is 2.46. The van der Waals surface area contributed by atoms with Crippen LogP contribution in [0.4, 0.5) is 0 Å². The van der Waals surface area contributed by atoms with Crippen molar-refractivity contribution in [2.75, 3.05) is 13.7 Å². The van der Waals surface area contributed by atoms with Crippen molar-refractivity contribution < 1.29 is 19.0 Å². The van der Waals surface area contributed by atoms with E-state index in [-0.39, 0.29) is 23.9 Å². The summed E-state index contributed by atoms with van der Waals surface area (Å²) in [6, 6.07) is 7.65. The number of hydrogen-bond donors (Lipinski definition) is 1. The molecule has 10 nitrogen and oxygen atoms in total. The van der Waals surface area contributed by atoms with Gasteiger partial charge in [0.05, 0.1) is 36.6 Å². The van der Waals surface area contributed by atoms with Gasteiger partial charge in [-0.15, -0.1) is 0 Å². The maximum absolute atomic E-state index is 12.3. The number of nitrogens with two attached hydrogens (primary N) is 1. The average Bonchev–Trinajstić information content (AvgIpc) is 3.43. The first-order valence-electron chi connectivity index (χ1n) is 10.5. The first-order valence-corrected chi connectivity index (χ1v) is 10.5. The van der Waals surface area contributed by atoms with Gasteiger partial charge in [-0.05, 0) is 19.4 Å². The Morgan fingerprint density at radius 1 is 1.36 bits per heavy atom. The normalized spacial score (nSPS) is 14.9. The molecule has 1 aliphatic rings. The van der Waals surface area contributed by atoms with E-state index in [0.29, 0.717) is 23.7 Å². The Bertz CT molecular complexity index is 1300. The summed E-state index contributed by atoms with van der Waals surface area (Å²) in [5.74, 6) is 0.163. The fourth-order valence-corrected chi connectivity index (χ4v) is 4.07. The van der Waals surface area contributed by atoms with Crippen LogP contribution in [-0.4, -0.2) is 39.0 Å². The summed E-state index contributed by atoms with van der Waals surface area (Å²) in [6.07, 6.45) is 3.85. The van der Waals surface area contributed by atoms with Crippen LogP contribution in [0.25, 0.3) is 5.69 Å². The van der Waals surface area contributed by atoms with E-state index in [1.165, 1.54) is 6.20 Å². The summed E-state index contributed by atoms with van der Waals surface area (Å²) in [4.78, 5) is 16.4. The number of rotatable bonds is 6. The molecule has 3 heterocycles. The van der Waals surface area contributed by atoms with Crippen molar-refractivity contribution in [3.05, 3.63) is 64.7 Å². The van der Waals surface area contributed by atoms with E-state index >= 15 is 0 Å². The van der Waals surface area contributed by atoms with E-state index in [4.69, 9.17) is 19.9 Å². The Balaban J connectivity index is 1.87. The first kappa shape index (κ1) is 22.0. The number of fused-ring (bicyclic) bond motifs is 1. The van der Waals surface area contributed by atoms with Gasteiger partial charge >= 0.3 is 5.97 Å². The lowest BCUT2D eigenvalue weighted by Crippen LogP contribution is -2.22. The third kappa shape index (κ3) is 3.57. The minimum Gasteiger partial charge on any atom is -0.496 e. The number of carbonyl (C=O) groups is 1. The molecule has 1 aromatic carbocycles. The van der Waals surface area contributed by atoms with Gasteiger partial charge < -0.3 is 19.9 Å². The molecule has 0 aliphatic carbocycles. The number of esters is 1. The summed E-state index contributed by atoms with van der Waals surface area (Å²) >= 11 is 0. The van der Waals surface area contributed by atoms with E-state index in [1.54, 1.807) is 42.6 Å². The Morgan fingerprint density at radius 2 is 2.15 bits per heavy atom. The smallest absolute Gasteiger partial charge is 0.374 e. The molecule has 1 unspecified atom stereocenters. The lowest BCUT2D eigenvalue weighted by molar-refractivity contribution is 0.0510. The van der Waals surface area contributed by atoms with Gasteiger partial charge in [-0.25, -0.2) is 14.5 Å². The van der Waals surface area contributed by atoms with Crippen molar-refractivity contribution in [1.82, 2.24) is 19.3 Å². The van der Waals surface area contributed by atoms with Gasteiger partial charge in [-0.2, -0.15) is 10.4 Å². The number of methoxy groups -OCH3 is 1. The molecule has 170 valence electrons. The minimum atomic E-state index is -0.523. The summed E-state index contributed by atoms with van der Waals surface area (Å²) in [6.45, 7) is 3.97. The number of carbonyl (C=O) groups excluding carboxylic acids is 1. The number of ether oxygens (including phenoxy) is 3. The average molecular weight is 448 g/mol. The molecule has 0 saturated heterocycles. The van der Waals surface area contributed by atoms with Gasteiger partial charge in [-0.3, -0.25) is 4.57 Å². The number of hydrogen-bond acceptors (Lipinski definition) is 8. The summed E-state index contributed by atoms with van der Waals surface area (Å²) in [5, 5.41) is 14.5. The summed E-state index contributed by atoms with van der Waals surface area (Å²) in [7, 11) is 3.32. The van der Waals surface area contributed by atoms with Gasteiger partial charge in [0.25, 0.3) is 0 Å². The highest BCUT2D eigenvalue weighted by Gasteiger charge is 2.37. The predicted molar refractivity (Wildman–Crippen MR) is 118 cm³/mol. The molecule has 1 atom stereocenters. The minimum absolute atomic E-state index is 0.0333. The molecule has 3 aromatic rings. The van der Waals surface area contributed by atoms with E-state index < -0.39 is 11.9 Å². The second-order valence-corrected chi connectivity index (χ2v) is 7.34. The Morgan fingerprint density at radius 3 is 2.82 bits per heavy atom. The third-order valence-electron chi connectivity index (χ3n) is 5.52. The van der Waals surface area contributed by atoms with Crippen molar-refractivity contribution in [2.45, 2.75) is 26.2 Å². The fraction of sp³-hybridized carbons (Fsp3) is 0.304. The first-order chi connectivity index (χ1) is 15.9. The number of allylic oxidation sites excluding steroid dienone is 1. The molecule has 0 spiro atoms. The summed E-state index contributed by atoms with van der Waals surface area (Å²) in [5.41, 5.74) is 9.38. The molecule has 2 aromatic heterocycles. The maximum atomic E-state index is 12.3. The van der Waals surface area contributed by atoms with Gasteiger partial charge in [0.2, 0.25) is 17.6 Å². The van der Waals surface area contributed by atoms with Crippen LogP contribution < -0.4 is 15.2 Å². The molecular formula is C23H24N6O4. The van der Waals surface area contributed by atoms with E-state index in [1.807, 2.05) is 19.1 Å². The molecule has 0 fully saturated rings. The predicted octanol–water partition coefficient (Wildman–Crippen LogP) is 2.57. The largest absolute Gasteiger partial charge is 0.496 e. The second kappa shape index (κ2) is 8.70. The van der Waals surface area contributed by atoms with Gasteiger partial charge in [0, 0.05) is 31.1 Å². The van der Waals surface area contributed by atoms with E-state index in [9.17, 15) is 10.1 Å². The molecule has 0 bridgehead atoms. The van der Waals surface area contributed by atoms with Crippen LogP contribution in [0.3, 0.4) is 0 Å². The molecule has 0 saturated carbocycles. The highest BCUT2D eigenvalue weighted by molar-refractivity contribution is 5.86. The number of imidazole rings is 1. The van der Waals surface area contributed by atoms with Crippen LogP contribution in [-0.2, 0) is 18.2 Å². The molecule has 1 aliphatic heterocycles. The molecule has 33 heavy (non-hydrogen) atoms. The van der Waals surface area contributed by atoms with Gasteiger partial charge in [0.1, 0.15) is 17.4 Å². The molecule has 0 amide bonds. The van der Waals surface area contributed by atoms with Crippen LogP contribution >= 0.6 is 0 Å². The SMILES string of the molecule is CCOC(=O)c1nccn1-c1ccc(C2C(C#N)=C(N)Oc3c2c(CC)nn3C)c(OC)c1. The quantitative estimate of drug-likeness (QED) is 0.570. The standard InChI is InChI=1S/C23H24N6O4/c1-5-16-19-18(15(12-24)20(25)33-22(19)28(3)27-16)14-8-7-13(11-17(14)31-4)29-10-9-26-21(29)23(30)32-6-2/h7-11,18H,5-6,25H2,1-4H3. The van der Waals surface area contributed by atoms with E-state index in [0.717, 1.165) is 16.8 Å².